The van der Waals surface area contributed by atoms with Crippen LogP contribution in [0.3, 0.4) is 0 Å². The largest absolute Gasteiger partial charge is 0.345 e. The Hall–Kier alpha value is -4.19. The molecular weight excluding hydrogens is 446 g/mol. The molecule has 2 N–H and O–H groups in total. The Morgan fingerprint density at radius 2 is 1.91 bits per heavy atom. The van der Waals surface area contributed by atoms with Crippen LogP contribution in [0.5, 0.6) is 0 Å². The molecule has 32 heavy (non-hydrogen) atoms. The Bertz CT molecular complexity index is 1500. The number of nitrogens with one attached hydrogen (secondary N) is 2. The maximum Gasteiger partial charge on any atom is 0.270 e. The first-order valence-electron chi connectivity index (χ1n) is 8.91. The van der Waals surface area contributed by atoms with E-state index in [1.807, 2.05) is 4.72 Å². The Labute approximate surface area is 178 Å². The summed E-state index contributed by atoms with van der Waals surface area (Å²) in [6.07, 6.45) is 2.72. The lowest BCUT2D eigenvalue weighted by atomic mass is 10.0. The number of sulfonamides is 1. The molecule has 2 aromatic heterocycles. The second-order valence-corrected chi connectivity index (χ2v) is 8.26. The summed E-state index contributed by atoms with van der Waals surface area (Å²) in [6, 6.07) is 8.73. The number of benzene rings is 2. The van der Waals surface area contributed by atoms with Crippen molar-refractivity contribution in [2.45, 2.75) is 4.90 Å². The van der Waals surface area contributed by atoms with Gasteiger partial charge >= 0.3 is 0 Å². The number of rotatable bonds is 6. The fourth-order valence-electron chi connectivity index (χ4n) is 3.09. The highest BCUT2D eigenvalue weighted by atomic mass is 32.2. The van der Waals surface area contributed by atoms with Gasteiger partial charge in [0.25, 0.3) is 15.7 Å². The number of halogens is 2. The lowest BCUT2D eigenvalue weighted by Gasteiger charge is -2.12. The molecule has 0 atom stereocenters. The van der Waals surface area contributed by atoms with E-state index in [1.165, 1.54) is 18.5 Å². The minimum Gasteiger partial charge on any atom is -0.345 e. The number of hydrogen-bond donors (Lipinski definition) is 2. The summed E-state index contributed by atoms with van der Waals surface area (Å²) in [5, 5.41) is 11.2. The Balaban J connectivity index is 1.75. The molecule has 0 aliphatic heterocycles. The topological polar surface area (TPSA) is 135 Å². The SMILES string of the molecule is O=C(c1c(F)ccc(NS(=O)(=O)c2cccc([N+](=O)[O-])c2)c1F)c1c[nH]c2ncccc12. The molecule has 0 spiro atoms. The van der Waals surface area contributed by atoms with Gasteiger partial charge in [-0.1, -0.05) is 6.07 Å². The van der Waals surface area contributed by atoms with E-state index < -0.39 is 54.2 Å². The summed E-state index contributed by atoms with van der Waals surface area (Å²) in [5.74, 6) is -3.64. The Morgan fingerprint density at radius 1 is 1.12 bits per heavy atom. The maximum absolute atomic E-state index is 15.1. The first-order chi connectivity index (χ1) is 15.2. The number of non-ortho nitro benzene ring substituents is 1. The van der Waals surface area contributed by atoms with Gasteiger partial charge in [-0.15, -0.1) is 0 Å². The number of carbonyl (C=O) groups is 1. The number of anilines is 1. The predicted molar refractivity (Wildman–Crippen MR) is 110 cm³/mol. The minimum atomic E-state index is -4.48. The van der Waals surface area contributed by atoms with Crippen molar-refractivity contribution in [1.82, 2.24) is 9.97 Å². The van der Waals surface area contributed by atoms with E-state index in [0.29, 0.717) is 11.0 Å². The smallest absolute Gasteiger partial charge is 0.270 e. The van der Waals surface area contributed by atoms with Crippen molar-refractivity contribution in [3.63, 3.8) is 0 Å². The van der Waals surface area contributed by atoms with Gasteiger partial charge in [0, 0.05) is 35.5 Å². The average Bonchev–Trinajstić information content (AvgIpc) is 3.20. The molecule has 12 heteroatoms. The minimum absolute atomic E-state index is 0.0513. The van der Waals surface area contributed by atoms with Gasteiger partial charge < -0.3 is 4.98 Å². The van der Waals surface area contributed by atoms with Crippen LogP contribution in [0.2, 0.25) is 0 Å². The predicted octanol–water partition coefficient (Wildman–Crippen LogP) is 3.78. The van der Waals surface area contributed by atoms with Crippen LogP contribution in [-0.4, -0.2) is 29.1 Å². The number of H-pyrrole nitrogens is 1. The number of nitro groups is 1. The molecule has 0 aliphatic rings. The highest BCUT2D eigenvalue weighted by Crippen LogP contribution is 2.28. The van der Waals surface area contributed by atoms with Gasteiger partial charge in [0.15, 0.2) is 5.82 Å². The molecule has 0 amide bonds. The number of fused-ring (bicyclic) bond motifs is 1. The van der Waals surface area contributed by atoms with Gasteiger partial charge in [-0.05, 0) is 30.3 Å². The second-order valence-electron chi connectivity index (χ2n) is 6.57. The van der Waals surface area contributed by atoms with E-state index in [4.69, 9.17) is 0 Å². The van der Waals surface area contributed by atoms with E-state index in [9.17, 15) is 27.7 Å². The van der Waals surface area contributed by atoms with Gasteiger partial charge in [-0.3, -0.25) is 19.6 Å². The van der Waals surface area contributed by atoms with Gasteiger partial charge in [0.05, 0.1) is 21.1 Å². The molecule has 2 aromatic carbocycles. The molecule has 0 bridgehead atoms. The van der Waals surface area contributed by atoms with E-state index >= 15 is 4.39 Å². The summed E-state index contributed by atoms with van der Waals surface area (Å²) in [6.45, 7) is 0. The van der Waals surface area contributed by atoms with Gasteiger partial charge in [0.2, 0.25) is 5.78 Å². The van der Waals surface area contributed by atoms with Gasteiger partial charge in [-0.2, -0.15) is 0 Å². The van der Waals surface area contributed by atoms with Crippen molar-refractivity contribution in [3.8, 4) is 0 Å². The van der Waals surface area contributed by atoms with Crippen LogP contribution < -0.4 is 4.72 Å². The third-order valence-corrected chi connectivity index (χ3v) is 5.96. The summed E-state index contributed by atoms with van der Waals surface area (Å²) in [4.78, 5) is 29.2. The zero-order valence-electron chi connectivity index (χ0n) is 15.9. The third-order valence-electron chi connectivity index (χ3n) is 4.60. The Kier molecular flexibility index (Phi) is 5.14. The summed E-state index contributed by atoms with van der Waals surface area (Å²) in [7, 11) is -4.48. The highest BCUT2D eigenvalue weighted by Gasteiger charge is 2.26. The van der Waals surface area contributed by atoms with Gasteiger partial charge in [-0.25, -0.2) is 22.2 Å². The van der Waals surface area contributed by atoms with Crippen LogP contribution >= 0.6 is 0 Å². The zero-order chi connectivity index (χ0) is 23.0. The third kappa shape index (κ3) is 3.67. The van der Waals surface area contributed by atoms with Crippen LogP contribution in [0.1, 0.15) is 15.9 Å². The lowest BCUT2D eigenvalue weighted by Crippen LogP contribution is -2.16. The number of hydrogen-bond acceptors (Lipinski definition) is 6. The fourth-order valence-corrected chi connectivity index (χ4v) is 4.18. The number of aromatic amines is 1. The maximum atomic E-state index is 15.1. The van der Waals surface area contributed by atoms with Crippen molar-refractivity contribution in [1.29, 1.82) is 0 Å². The van der Waals surface area contributed by atoms with Crippen LogP contribution in [0.15, 0.2) is 65.8 Å². The van der Waals surface area contributed by atoms with E-state index in [2.05, 4.69) is 9.97 Å². The molecule has 162 valence electrons. The quantitative estimate of drug-likeness (QED) is 0.256. The van der Waals surface area contributed by atoms with E-state index in [1.54, 1.807) is 6.07 Å². The standard InChI is InChI=1S/C20H12F2N4O5S/c21-15-6-7-16(25-32(30,31)12-4-1-3-11(9-12)26(28)29)18(22)17(15)19(27)14-10-24-20-13(14)5-2-8-23-20/h1-10,25H,(H,23,24). The molecular formula is C20H12F2N4O5S. The average molecular weight is 458 g/mol. The summed E-state index contributed by atoms with van der Waals surface area (Å²) < 4.78 is 56.7. The second kappa shape index (κ2) is 7.81. The van der Waals surface area contributed by atoms with Crippen LogP contribution in [0, 0.1) is 21.7 Å². The van der Waals surface area contributed by atoms with Crippen LogP contribution in [0.25, 0.3) is 11.0 Å². The van der Waals surface area contributed by atoms with Crippen molar-refractivity contribution < 1.29 is 26.9 Å². The molecule has 0 aliphatic carbocycles. The number of pyridine rings is 1. The summed E-state index contributed by atoms with van der Waals surface area (Å²) >= 11 is 0. The molecule has 2 heterocycles. The number of nitro benzene ring substituents is 1. The first kappa shape index (κ1) is 21.1. The fraction of sp³-hybridized carbons (Fsp3) is 0. The highest BCUT2D eigenvalue weighted by molar-refractivity contribution is 7.92. The van der Waals surface area contributed by atoms with Crippen molar-refractivity contribution in [3.05, 3.63) is 93.8 Å². The van der Waals surface area contributed by atoms with Gasteiger partial charge in [0.1, 0.15) is 11.5 Å². The van der Waals surface area contributed by atoms with Crippen LogP contribution in [0.4, 0.5) is 20.2 Å². The first-order valence-corrected chi connectivity index (χ1v) is 10.4. The molecule has 4 aromatic rings. The van der Waals surface area contributed by atoms with Crippen molar-refractivity contribution >= 4 is 38.2 Å². The molecule has 0 saturated carbocycles. The number of aromatic nitrogens is 2. The van der Waals surface area contributed by atoms with E-state index in [-0.39, 0.29) is 5.56 Å². The lowest BCUT2D eigenvalue weighted by molar-refractivity contribution is -0.385. The molecule has 9 nitrogen and oxygen atoms in total. The molecule has 0 radical (unpaired) electrons. The number of ketones is 1. The number of nitrogens with zero attached hydrogens (tertiary/aromatic N) is 2. The molecule has 0 fully saturated rings. The van der Waals surface area contributed by atoms with E-state index in [0.717, 1.165) is 36.4 Å². The normalized spacial score (nSPS) is 11.4. The monoisotopic (exact) mass is 458 g/mol. The Morgan fingerprint density at radius 3 is 2.66 bits per heavy atom. The zero-order valence-corrected chi connectivity index (χ0v) is 16.7. The summed E-state index contributed by atoms with van der Waals surface area (Å²) in [5.41, 5.74) is -1.87. The van der Waals surface area contributed by atoms with Crippen molar-refractivity contribution in [2.75, 3.05) is 4.72 Å². The number of carbonyl (C=O) groups excluding carboxylic acids is 1. The van der Waals surface area contributed by atoms with Crippen LogP contribution in [-0.2, 0) is 10.0 Å². The van der Waals surface area contributed by atoms with Crippen molar-refractivity contribution in [2.24, 2.45) is 0 Å². The molecule has 0 unspecified atom stereocenters. The molecule has 0 saturated heterocycles. The molecule has 4 rings (SSSR count).